The number of nitrogens with zero attached hydrogens (tertiary/aromatic N) is 1. The van der Waals surface area contributed by atoms with Crippen molar-refractivity contribution in [2.45, 2.75) is 58.2 Å². The van der Waals surface area contributed by atoms with Crippen molar-refractivity contribution in [1.29, 1.82) is 0 Å². The van der Waals surface area contributed by atoms with Crippen molar-refractivity contribution >= 4 is 5.91 Å². The summed E-state index contributed by atoms with van der Waals surface area (Å²) in [7, 11) is 0. The fourth-order valence-electron chi connectivity index (χ4n) is 2.58. The van der Waals surface area contributed by atoms with Crippen LogP contribution in [0.3, 0.4) is 0 Å². The summed E-state index contributed by atoms with van der Waals surface area (Å²) >= 11 is 0. The lowest BCUT2D eigenvalue weighted by molar-refractivity contribution is -0.126. The van der Waals surface area contributed by atoms with Gasteiger partial charge in [0.05, 0.1) is 6.04 Å². The first-order valence-corrected chi connectivity index (χ1v) is 6.33. The number of carbonyl (C=O) groups excluding carboxylic acids is 1. The van der Waals surface area contributed by atoms with Crippen LogP contribution in [0.2, 0.25) is 0 Å². The van der Waals surface area contributed by atoms with Crippen LogP contribution in [0.1, 0.15) is 40.0 Å². The minimum absolute atomic E-state index is 0.0229. The minimum Gasteiger partial charge on any atom is -0.355 e. The predicted molar refractivity (Wildman–Crippen MR) is 66.1 cm³/mol. The van der Waals surface area contributed by atoms with Gasteiger partial charge in [0.25, 0.3) is 0 Å². The topological polar surface area (TPSA) is 58.4 Å². The lowest BCUT2D eigenvalue weighted by Gasteiger charge is -2.31. The Labute approximate surface area is 98.6 Å². The van der Waals surface area contributed by atoms with E-state index >= 15 is 0 Å². The molecule has 1 fully saturated rings. The Morgan fingerprint density at radius 3 is 2.50 bits per heavy atom. The van der Waals surface area contributed by atoms with Gasteiger partial charge in [-0.2, -0.15) is 0 Å². The van der Waals surface area contributed by atoms with Crippen molar-refractivity contribution in [2.75, 3.05) is 13.1 Å². The Hall–Kier alpha value is -0.610. The van der Waals surface area contributed by atoms with E-state index in [-0.39, 0.29) is 11.9 Å². The molecule has 0 spiro atoms. The highest BCUT2D eigenvalue weighted by atomic mass is 16.2. The van der Waals surface area contributed by atoms with Crippen molar-refractivity contribution < 1.29 is 4.79 Å². The van der Waals surface area contributed by atoms with E-state index in [1.54, 1.807) is 0 Å². The first-order valence-electron chi connectivity index (χ1n) is 6.33. The number of nitrogens with two attached hydrogens (primary N) is 1. The summed E-state index contributed by atoms with van der Waals surface area (Å²) in [5, 5.41) is 2.94. The van der Waals surface area contributed by atoms with Gasteiger partial charge in [0.15, 0.2) is 0 Å². The average Bonchev–Trinajstić information content (AvgIpc) is 2.58. The number of carbonyl (C=O) groups is 1. The standard InChI is InChI=1S/C12H25N3O/c1-9-5-6-10(2)15(9)11(3)12(16)14-8-4-7-13/h9-11H,4-8,13H2,1-3H3,(H,14,16). The molecule has 0 saturated carbocycles. The van der Waals surface area contributed by atoms with E-state index in [4.69, 9.17) is 5.73 Å². The molecule has 0 aromatic carbocycles. The van der Waals surface area contributed by atoms with Gasteiger partial charge < -0.3 is 11.1 Å². The van der Waals surface area contributed by atoms with Gasteiger partial charge in [-0.1, -0.05) is 0 Å². The molecular formula is C12H25N3O. The zero-order valence-corrected chi connectivity index (χ0v) is 10.7. The van der Waals surface area contributed by atoms with E-state index in [0.717, 1.165) is 6.42 Å². The van der Waals surface area contributed by atoms with Crippen LogP contribution >= 0.6 is 0 Å². The van der Waals surface area contributed by atoms with Gasteiger partial charge in [0.2, 0.25) is 5.91 Å². The Balaban J connectivity index is 2.43. The molecule has 0 radical (unpaired) electrons. The van der Waals surface area contributed by atoms with E-state index < -0.39 is 0 Å². The molecule has 0 aromatic heterocycles. The third-order valence-corrected chi connectivity index (χ3v) is 3.53. The third-order valence-electron chi connectivity index (χ3n) is 3.53. The number of rotatable bonds is 5. The van der Waals surface area contributed by atoms with Crippen LogP contribution in [0, 0.1) is 0 Å². The molecule has 3 atom stereocenters. The summed E-state index contributed by atoms with van der Waals surface area (Å²) < 4.78 is 0. The monoisotopic (exact) mass is 227 g/mol. The molecule has 4 heteroatoms. The second-order valence-electron chi connectivity index (χ2n) is 4.83. The van der Waals surface area contributed by atoms with Crippen LogP contribution < -0.4 is 11.1 Å². The smallest absolute Gasteiger partial charge is 0.237 e. The molecule has 1 saturated heterocycles. The van der Waals surface area contributed by atoms with E-state index in [0.29, 0.717) is 25.2 Å². The molecule has 1 rings (SSSR count). The van der Waals surface area contributed by atoms with Crippen LogP contribution in [0.25, 0.3) is 0 Å². The Morgan fingerprint density at radius 2 is 2.00 bits per heavy atom. The van der Waals surface area contributed by atoms with Crippen molar-refractivity contribution in [1.82, 2.24) is 10.2 Å². The molecular weight excluding hydrogens is 202 g/mol. The first kappa shape index (κ1) is 13.5. The number of likely N-dealkylation sites (tertiary alicyclic amines) is 1. The predicted octanol–water partition coefficient (Wildman–Crippen LogP) is 0.713. The molecule has 0 bridgehead atoms. The van der Waals surface area contributed by atoms with Crippen LogP contribution in [0.4, 0.5) is 0 Å². The molecule has 0 aromatic rings. The minimum atomic E-state index is -0.0229. The fraction of sp³-hybridized carbons (Fsp3) is 0.917. The average molecular weight is 227 g/mol. The van der Waals surface area contributed by atoms with Crippen LogP contribution in [0.5, 0.6) is 0 Å². The van der Waals surface area contributed by atoms with Gasteiger partial charge in [0.1, 0.15) is 0 Å². The van der Waals surface area contributed by atoms with Gasteiger partial charge in [-0.15, -0.1) is 0 Å². The largest absolute Gasteiger partial charge is 0.355 e. The van der Waals surface area contributed by atoms with Gasteiger partial charge in [-0.3, -0.25) is 9.69 Å². The maximum Gasteiger partial charge on any atom is 0.237 e. The zero-order valence-electron chi connectivity index (χ0n) is 10.7. The highest BCUT2D eigenvalue weighted by Gasteiger charge is 2.33. The molecule has 94 valence electrons. The maximum atomic E-state index is 11.9. The normalized spacial score (nSPS) is 28.0. The van der Waals surface area contributed by atoms with Gasteiger partial charge in [-0.05, 0) is 46.6 Å². The number of hydrogen-bond donors (Lipinski definition) is 2. The van der Waals surface area contributed by atoms with Gasteiger partial charge in [-0.25, -0.2) is 0 Å². The van der Waals surface area contributed by atoms with Gasteiger partial charge in [0, 0.05) is 18.6 Å². The quantitative estimate of drug-likeness (QED) is 0.680. The number of hydrogen-bond acceptors (Lipinski definition) is 3. The van der Waals surface area contributed by atoms with Crippen LogP contribution in [-0.4, -0.2) is 42.0 Å². The molecule has 1 heterocycles. The Morgan fingerprint density at radius 1 is 1.44 bits per heavy atom. The number of nitrogens with one attached hydrogen (secondary N) is 1. The highest BCUT2D eigenvalue weighted by Crippen LogP contribution is 2.25. The van der Waals surface area contributed by atoms with E-state index in [2.05, 4.69) is 24.1 Å². The SMILES string of the molecule is CC1CCC(C)N1C(C)C(=O)NCCCN. The summed E-state index contributed by atoms with van der Waals surface area (Å²) in [6.45, 7) is 7.72. The lowest BCUT2D eigenvalue weighted by Crippen LogP contribution is -2.49. The highest BCUT2D eigenvalue weighted by molar-refractivity contribution is 5.81. The maximum absolute atomic E-state index is 11.9. The zero-order chi connectivity index (χ0) is 12.1. The van der Waals surface area contributed by atoms with Crippen LogP contribution in [0.15, 0.2) is 0 Å². The second kappa shape index (κ2) is 6.21. The van der Waals surface area contributed by atoms with Crippen LogP contribution in [-0.2, 0) is 4.79 Å². The van der Waals surface area contributed by atoms with Gasteiger partial charge >= 0.3 is 0 Å². The Bertz CT molecular complexity index is 222. The number of amides is 1. The van der Waals surface area contributed by atoms with E-state index in [1.165, 1.54) is 12.8 Å². The summed E-state index contributed by atoms with van der Waals surface area (Å²) in [4.78, 5) is 14.2. The van der Waals surface area contributed by atoms with E-state index in [1.807, 2.05) is 6.92 Å². The summed E-state index contributed by atoms with van der Waals surface area (Å²) in [5.74, 6) is 0.133. The lowest BCUT2D eigenvalue weighted by atomic mass is 10.2. The molecule has 1 aliphatic rings. The molecule has 3 unspecified atom stereocenters. The third kappa shape index (κ3) is 3.19. The molecule has 16 heavy (non-hydrogen) atoms. The molecule has 4 nitrogen and oxygen atoms in total. The Kier molecular flexibility index (Phi) is 5.22. The summed E-state index contributed by atoms with van der Waals surface area (Å²) in [5.41, 5.74) is 5.40. The molecule has 3 N–H and O–H groups in total. The molecule has 1 aliphatic heterocycles. The van der Waals surface area contributed by atoms with Crippen molar-refractivity contribution in [2.24, 2.45) is 5.73 Å². The summed E-state index contributed by atoms with van der Waals surface area (Å²) in [6.07, 6.45) is 3.24. The fourth-order valence-corrected chi connectivity index (χ4v) is 2.58. The molecule has 1 amide bonds. The van der Waals surface area contributed by atoms with E-state index in [9.17, 15) is 4.79 Å². The van der Waals surface area contributed by atoms with Crippen molar-refractivity contribution in [3.63, 3.8) is 0 Å². The van der Waals surface area contributed by atoms with Crippen molar-refractivity contribution in [3.05, 3.63) is 0 Å². The first-order chi connectivity index (χ1) is 7.57. The second-order valence-corrected chi connectivity index (χ2v) is 4.83. The summed E-state index contributed by atoms with van der Waals surface area (Å²) in [6, 6.07) is 1.01. The van der Waals surface area contributed by atoms with Crippen molar-refractivity contribution in [3.8, 4) is 0 Å². The molecule has 0 aliphatic carbocycles.